The largest absolute Gasteiger partial charge is 0.508 e. The van der Waals surface area contributed by atoms with E-state index in [1.165, 1.54) is 18.3 Å². The van der Waals surface area contributed by atoms with Gasteiger partial charge >= 0.3 is 11.9 Å². The Morgan fingerprint density at radius 2 is 1.80 bits per heavy atom. The summed E-state index contributed by atoms with van der Waals surface area (Å²) in [6.07, 6.45) is 1.20. The van der Waals surface area contributed by atoms with Crippen molar-refractivity contribution in [2.24, 2.45) is 0 Å². The van der Waals surface area contributed by atoms with Gasteiger partial charge in [0.2, 0.25) is 0 Å². The minimum absolute atomic E-state index is 0.0669. The van der Waals surface area contributed by atoms with Crippen LogP contribution >= 0.6 is 0 Å². The Morgan fingerprint density at radius 3 is 2.30 bits per heavy atom. The van der Waals surface area contributed by atoms with Gasteiger partial charge in [-0.2, -0.15) is 0 Å². The lowest BCUT2D eigenvalue weighted by Crippen LogP contribution is -2.19. The van der Waals surface area contributed by atoms with Gasteiger partial charge in [-0.15, -0.1) is 0 Å². The molecular weight excluding hydrogens is 262 g/mol. The van der Waals surface area contributed by atoms with E-state index in [1.807, 2.05) is 0 Å². The summed E-state index contributed by atoms with van der Waals surface area (Å²) in [7, 11) is 0. The van der Waals surface area contributed by atoms with Crippen LogP contribution < -0.4 is 5.32 Å². The molecule has 0 aromatic heterocycles. The summed E-state index contributed by atoms with van der Waals surface area (Å²) in [5.74, 6) is -1.46. The zero-order valence-electron chi connectivity index (χ0n) is 11.4. The van der Waals surface area contributed by atoms with Crippen LogP contribution in [0.25, 0.3) is 0 Å². The molecule has 1 rings (SSSR count). The molecule has 108 valence electrons. The number of anilines is 1. The smallest absolute Gasteiger partial charge is 0.347 e. The topological polar surface area (TPSA) is 84.9 Å². The summed E-state index contributed by atoms with van der Waals surface area (Å²) in [5, 5.41) is 12.1. The predicted molar refractivity (Wildman–Crippen MR) is 73.1 cm³/mol. The predicted octanol–water partition coefficient (Wildman–Crippen LogP) is 1.81. The molecule has 2 N–H and O–H groups in total. The molecular formula is C14H17NO5. The standard InChI is InChI=1S/C14H17NO5/c1-3-19-13(17)12(14(18)20-4-2)9-15-10-6-5-7-11(16)8-10/h5-9,15-16H,3-4H2,1-2H3. The van der Waals surface area contributed by atoms with Gasteiger partial charge in [-0.05, 0) is 26.0 Å². The maximum atomic E-state index is 11.7. The van der Waals surface area contributed by atoms with Gasteiger partial charge in [-0.25, -0.2) is 9.59 Å². The lowest BCUT2D eigenvalue weighted by molar-refractivity contribution is -0.146. The highest BCUT2D eigenvalue weighted by Crippen LogP contribution is 2.16. The van der Waals surface area contributed by atoms with Crippen LogP contribution in [-0.2, 0) is 19.1 Å². The number of hydrogen-bond acceptors (Lipinski definition) is 6. The number of ether oxygens (including phenoxy) is 2. The number of carbonyl (C=O) groups excluding carboxylic acids is 2. The molecule has 0 fully saturated rings. The van der Waals surface area contributed by atoms with E-state index in [9.17, 15) is 14.7 Å². The molecule has 0 aliphatic carbocycles. The number of phenols is 1. The molecule has 6 nitrogen and oxygen atoms in total. The number of benzene rings is 1. The van der Waals surface area contributed by atoms with E-state index in [-0.39, 0.29) is 24.5 Å². The highest BCUT2D eigenvalue weighted by Gasteiger charge is 2.20. The van der Waals surface area contributed by atoms with Crippen LogP contribution in [0, 0.1) is 0 Å². The fraction of sp³-hybridized carbons (Fsp3) is 0.286. The van der Waals surface area contributed by atoms with E-state index in [2.05, 4.69) is 5.32 Å². The van der Waals surface area contributed by atoms with Crippen molar-refractivity contribution >= 4 is 17.6 Å². The fourth-order valence-electron chi connectivity index (χ4n) is 1.37. The lowest BCUT2D eigenvalue weighted by atomic mass is 10.2. The molecule has 0 radical (unpaired) electrons. The molecule has 1 aromatic carbocycles. The van der Waals surface area contributed by atoms with E-state index in [1.54, 1.807) is 26.0 Å². The van der Waals surface area contributed by atoms with Gasteiger partial charge in [0.15, 0.2) is 5.57 Å². The molecule has 1 aromatic rings. The van der Waals surface area contributed by atoms with Crippen molar-refractivity contribution in [1.29, 1.82) is 0 Å². The quantitative estimate of drug-likeness (QED) is 0.357. The highest BCUT2D eigenvalue weighted by atomic mass is 16.6. The van der Waals surface area contributed by atoms with Gasteiger partial charge < -0.3 is 19.9 Å². The van der Waals surface area contributed by atoms with Crippen molar-refractivity contribution in [3.8, 4) is 5.75 Å². The van der Waals surface area contributed by atoms with Crippen molar-refractivity contribution in [2.45, 2.75) is 13.8 Å². The number of nitrogens with one attached hydrogen (secondary N) is 1. The normalized spacial score (nSPS) is 9.50. The van der Waals surface area contributed by atoms with Crippen LogP contribution in [0.1, 0.15) is 13.8 Å². The third kappa shape index (κ3) is 4.64. The van der Waals surface area contributed by atoms with E-state index >= 15 is 0 Å². The summed E-state index contributed by atoms with van der Waals surface area (Å²) in [6, 6.07) is 6.25. The van der Waals surface area contributed by atoms with Crippen LogP contribution in [0.5, 0.6) is 5.75 Å². The molecule has 0 atom stereocenters. The van der Waals surface area contributed by atoms with Crippen LogP contribution in [0.3, 0.4) is 0 Å². The van der Waals surface area contributed by atoms with Crippen molar-refractivity contribution in [3.63, 3.8) is 0 Å². The second-order valence-corrected chi connectivity index (χ2v) is 3.69. The first-order chi connectivity index (χ1) is 9.58. The average molecular weight is 279 g/mol. The van der Waals surface area contributed by atoms with Gasteiger partial charge in [0.05, 0.1) is 13.2 Å². The highest BCUT2D eigenvalue weighted by molar-refractivity contribution is 6.14. The average Bonchev–Trinajstić information content (AvgIpc) is 2.39. The van der Waals surface area contributed by atoms with Gasteiger partial charge in [-0.3, -0.25) is 0 Å². The maximum Gasteiger partial charge on any atom is 0.347 e. The third-order valence-corrected chi connectivity index (χ3v) is 2.22. The Balaban J connectivity index is 2.89. The van der Waals surface area contributed by atoms with Crippen molar-refractivity contribution in [2.75, 3.05) is 18.5 Å². The second kappa shape index (κ2) is 7.83. The van der Waals surface area contributed by atoms with Gasteiger partial charge in [-0.1, -0.05) is 6.07 Å². The molecule has 20 heavy (non-hydrogen) atoms. The number of phenolic OH excluding ortho intramolecular Hbond substituents is 1. The van der Waals surface area contributed by atoms with Crippen LogP contribution in [0.15, 0.2) is 36.0 Å². The summed E-state index contributed by atoms with van der Waals surface area (Å²) in [4.78, 5) is 23.3. The molecule has 0 aliphatic heterocycles. The summed E-state index contributed by atoms with van der Waals surface area (Å²) < 4.78 is 9.57. The first-order valence-electron chi connectivity index (χ1n) is 6.18. The number of carbonyl (C=O) groups is 2. The Morgan fingerprint density at radius 1 is 1.20 bits per heavy atom. The lowest BCUT2D eigenvalue weighted by Gasteiger charge is -2.07. The first kappa shape index (κ1) is 15.6. The Kier molecular flexibility index (Phi) is 6.09. The monoisotopic (exact) mass is 279 g/mol. The minimum atomic E-state index is -0.765. The van der Waals surface area contributed by atoms with E-state index in [0.29, 0.717) is 5.69 Å². The van der Waals surface area contributed by atoms with E-state index in [4.69, 9.17) is 9.47 Å². The number of rotatable bonds is 6. The molecule has 0 unspecified atom stereocenters. The zero-order valence-corrected chi connectivity index (χ0v) is 11.4. The molecule has 0 bridgehead atoms. The Labute approximate surface area is 117 Å². The fourth-order valence-corrected chi connectivity index (χ4v) is 1.37. The van der Waals surface area contributed by atoms with Crippen LogP contribution in [-0.4, -0.2) is 30.3 Å². The second-order valence-electron chi connectivity index (χ2n) is 3.69. The summed E-state index contributed by atoms with van der Waals surface area (Å²) in [5.41, 5.74) is 0.285. The summed E-state index contributed by atoms with van der Waals surface area (Å²) >= 11 is 0. The molecule has 0 spiro atoms. The Hall–Kier alpha value is -2.50. The molecule has 0 saturated heterocycles. The number of esters is 2. The van der Waals surface area contributed by atoms with Gasteiger partial charge in [0.1, 0.15) is 5.75 Å². The Bertz CT molecular complexity index is 490. The van der Waals surface area contributed by atoms with Gasteiger partial charge in [0, 0.05) is 18.0 Å². The third-order valence-electron chi connectivity index (χ3n) is 2.22. The molecule has 6 heteroatoms. The molecule has 0 heterocycles. The zero-order chi connectivity index (χ0) is 15.0. The molecule has 0 amide bonds. The number of aromatic hydroxyl groups is 1. The molecule has 0 aliphatic rings. The SMILES string of the molecule is CCOC(=O)C(=CNc1cccc(O)c1)C(=O)OCC. The van der Waals surface area contributed by atoms with Crippen molar-refractivity contribution < 1.29 is 24.2 Å². The minimum Gasteiger partial charge on any atom is -0.508 e. The summed E-state index contributed by atoms with van der Waals surface area (Å²) in [6.45, 7) is 3.59. The van der Waals surface area contributed by atoms with Crippen molar-refractivity contribution in [1.82, 2.24) is 0 Å². The van der Waals surface area contributed by atoms with E-state index in [0.717, 1.165) is 0 Å². The van der Waals surface area contributed by atoms with E-state index < -0.39 is 11.9 Å². The maximum absolute atomic E-state index is 11.7. The van der Waals surface area contributed by atoms with Crippen LogP contribution in [0.2, 0.25) is 0 Å². The van der Waals surface area contributed by atoms with Gasteiger partial charge in [0.25, 0.3) is 0 Å². The first-order valence-corrected chi connectivity index (χ1v) is 6.18. The van der Waals surface area contributed by atoms with Crippen molar-refractivity contribution in [3.05, 3.63) is 36.0 Å². The molecule has 0 saturated carbocycles. The number of hydrogen-bond donors (Lipinski definition) is 2. The van der Waals surface area contributed by atoms with Crippen LogP contribution in [0.4, 0.5) is 5.69 Å².